The Balaban J connectivity index is 1.65. The molecule has 0 amide bonds. The molecule has 1 unspecified atom stereocenters. The number of nitrogens with two attached hydrogens (primary N) is 1. The number of hydrogen-bond donors (Lipinski definition) is 4. The van der Waals surface area contributed by atoms with Gasteiger partial charge in [0.15, 0.2) is 5.82 Å². The fourth-order valence-corrected chi connectivity index (χ4v) is 4.27. The number of carbonyl (C=O) groups is 1. The zero-order chi connectivity index (χ0) is 25.3. The number of aliphatic hydroxyl groups excluding tert-OH is 2. The summed E-state index contributed by atoms with van der Waals surface area (Å²) in [4.78, 5) is 15.9. The Labute approximate surface area is 196 Å². The summed E-state index contributed by atoms with van der Waals surface area (Å²) in [5.74, 6) is -0.434. The van der Waals surface area contributed by atoms with E-state index in [1.54, 1.807) is 6.07 Å². The van der Waals surface area contributed by atoms with Crippen molar-refractivity contribution in [1.29, 1.82) is 5.26 Å². The Hall–Kier alpha value is -2.59. The number of nitriles is 1. The molecule has 1 saturated heterocycles. The van der Waals surface area contributed by atoms with Crippen molar-refractivity contribution in [2.24, 2.45) is 5.41 Å². The van der Waals surface area contributed by atoms with Crippen LogP contribution in [0.5, 0.6) is 0 Å². The lowest BCUT2D eigenvalue weighted by atomic mass is 9.92. The van der Waals surface area contributed by atoms with Gasteiger partial charge in [-0.05, 0) is 24.5 Å². The number of nitrogens with one attached hydrogen (secondary N) is 1. The lowest BCUT2D eigenvalue weighted by Gasteiger charge is -2.24. The number of carbonyl (C=O) groups excluding carboxylic acids is 1. The van der Waals surface area contributed by atoms with E-state index in [2.05, 4.69) is 15.2 Å². The Morgan fingerprint density at radius 1 is 1.47 bits per heavy atom. The number of nitrogens with zero attached hydrogens (tertiary/aromatic N) is 4. The van der Waals surface area contributed by atoms with Crippen LogP contribution in [0.2, 0.25) is 0 Å². The van der Waals surface area contributed by atoms with Crippen LogP contribution in [-0.2, 0) is 29.0 Å². The molecule has 2 aromatic rings. The van der Waals surface area contributed by atoms with Gasteiger partial charge in [0.25, 0.3) is 8.18 Å². The number of aliphatic hydroxyl groups is 2. The minimum atomic E-state index is -2.95. The maximum atomic E-state index is 12.3. The summed E-state index contributed by atoms with van der Waals surface area (Å²) < 4.78 is 29.8. The molecule has 13 nitrogen and oxygen atoms in total. The third kappa shape index (κ3) is 5.22. The van der Waals surface area contributed by atoms with Gasteiger partial charge in [0, 0.05) is 0 Å². The number of esters is 1. The van der Waals surface area contributed by atoms with Crippen LogP contribution in [0.3, 0.4) is 0 Å². The van der Waals surface area contributed by atoms with E-state index in [1.165, 1.54) is 23.8 Å². The molecule has 5 N–H and O–H groups in total. The predicted molar refractivity (Wildman–Crippen MR) is 120 cm³/mol. The molecular weight excluding hydrogens is 467 g/mol. The molecule has 3 rings (SSSR count). The van der Waals surface area contributed by atoms with Crippen molar-refractivity contribution in [2.45, 2.75) is 57.6 Å². The SMILES string of the molecule is C[C@H](N[PH](=O)OC[C@H]1O[C@@](C#N)(c2ccc3c(N)ncnn23)[C@H](O)[C@@H]1O)C(=O)OCC(C)(C)C. The normalized spacial score (nSPS) is 26.8. The zero-order valence-corrected chi connectivity index (χ0v) is 20.3. The lowest BCUT2D eigenvalue weighted by Crippen LogP contribution is -2.41. The second-order valence-electron chi connectivity index (χ2n) is 9.23. The maximum Gasteiger partial charge on any atom is 0.323 e. The third-order valence-corrected chi connectivity index (χ3v) is 6.30. The molecule has 1 fully saturated rings. The maximum absolute atomic E-state index is 12.3. The average Bonchev–Trinajstić information content (AvgIpc) is 3.31. The van der Waals surface area contributed by atoms with Gasteiger partial charge in [-0.15, -0.1) is 0 Å². The summed E-state index contributed by atoms with van der Waals surface area (Å²) in [7, 11) is -2.95. The molecule has 0 radical (unpaired) electrons. The number of anilines is 1. The van der Waals surface area contributed by atoms with Crippen molar-refractivity contribution >= 4 is 25.5 Å². The molecule has 2 aromatic heterocycles. The van der Waals surface area contributed by atoms with Gasteiger partial charge in [-0.25, -0.2) is 14.6 Å². The van der Waals surface area contributed by atoms with Crippen LogP contribution >= 0.6 is 8.18 Å². The van der Waals surface area contributed by atoms with Gasteiger partial charge in [0.1, 0.15) is 42.3 Å². The van der Waals surface area contributed by atoms with Crippen LogP contribution < -0.4 is 10.8 Å². The Morgan fingerprint density at radius 3 is 2.82 bits per heavy atom. The number of nitrogen functional groups attached to an aromatic ring is 1. The Kier molecular flexibility index (Phi) is 7.62. The van der Waals surface area contributed by atoms with E-state index in [9.17, 15) is 24.8 Å². The summed E-state index contributed by atoms with van der Waals surface area (Å²) in [6.45, 7) is 6.98. The first-order valence-electron chi connectivity index (χ1n) is 10.5. The fraction of sp³-hybridized carbons (Fsp3) is 0.600. The summed E-state index contributed by atoms with van der Waals surface area (Å²) in [5, 5.41) is 37.7. The molecule has 0 aromatic carbocycles. The Bertz CT molecular complexity index is 1110. The molecule has 6 atom stereocenters. The van der Waals surface area contributed by atoms with Crippen molar-refractivity contribution in [3.05, 3.63) is 24.2 Å². The number of fused-ring (bicyclic) bond motifs is 1. The van der Waals surface area contributed by atoms with Gasteiger partial charge < -0.3 is 29.9 Å². The second kappa shape index (κ2) is 9.95. The van der Waals surface area contributed by atoms with E-state index in [1.807, 2.05) is 26.8 Å². The number of ether oxygens (including phenoxy) is 2. The van der Waals surface area contributed by atoms with E-state index in [-0.39, 0.29) is 23.5 Å². The largest absolute Gasteiger partial charge is 0.464 e. The van der Waals surface area contributed by atoms with Crippen LogP contribution in [0.25, 0.3) is 5.52 Å². The molecule has 1 aliphatic heterocycles. The average molecular weight is 496 g/mol. The van der Waals surface area contributed by atoms with Crippen molar-refractivity contribution in [2.75, 3.05) is 18.9 Å². The second-order valence-corrected chi connectivity index (χ2v) is 10.4. The summed E-state index contributed by atoms with van der Waals surface area (Å²) in [6.07, 6.45) is -3.21. The van der Waals surface area contributed by atoms with Gasteiger partial charge in [-0.2, -0.15) is 10.4 Å². The van der Waals surface area contributed by atoms with E-state index < -0.39 is 50.7 Å². The van der Waals surface area contributed by atoms with E-state index in [0.717, 1.165) is 0 Å². The molecule has 0 spiro atoms. The number of rotatable bonds is 8. The van der Waals surface area contributed by atoms with E-state index in [0.29, 0.717) is 5.52 Å². The molecule has 186 valence electrons. The molecular formula is C20H29N6O7P. The zero-order valence-electron chi connectivity index (χ0n) is 19.3. The molecule has 14 heteroatoms. The van der Waals surface area contributed by atoms with Gasteiger partial charge in [-0.3, -0.25) is 9.36 Å². The molecule has 1 aliphatic rings. The first kappa shape index (κ1) is 26.0. The van der Waals surface area contributed by atoms with Gasteiger partial charge in [0.2, 0.25) is 5.60 Å². The topological polar surface area (TPSA) is 194 Å². The first-order chi connectivity index (χ1) is 15.9. The highest BCUT2D eigenvalue weighted by molar-refractivity contribution is 7.36. The highest BCUT2D eigenvalue weighted by Crippen LogP contribution is 2.41. The molecule has 0 aliphatic carbocycles. The van der Waals surface area contributed by atoms with Crippen molar-refractivity contribution in [3.63, 3.8) is 0 Å². The highest BCUT2D eigenvalue weighted by Gasteiger charge is 2.57. The quantitative estimate of drug-likeness (QED) is 0.285. The van der Waals surface area contributed by atoms with E-state index >= 15 is 0 Å². The van der Waals surface area contributed by atoms with Gasteiger partial charge >= 0.3 is 5.97 Å². The van der Waals surface area contributed by atoms with Crippen LogP contribution in [0.4, 0.5) is 5.82 Å². The summed E-state index contributed by atoms with van der Waals surface area (Å²) in [6, 6.07) is 4.05. The minimum absolute atomic E-state index is 0.133. The van der Waals surface area contributed by atoms with Gasteiger partial charge in [-0.1, -0.05) is 20.8 Å². The lowest BCUT2D eigenvalue weighted by molar-refractivity contribution is -0.148. The minimum Gasteiger partial charge on any atom is -0.464 e. The predicted octanol–water partition coefficient (Wildman–Crippen LogP) is 0.125. The molecule has 0 saturated carbocycles. The van der Waals surface area contributed by atoms with Crippen LogP contribution in [0.1, 0.15) is 33.4 Å². The molecule has 0 bridgehead atoms. The van der Waals surface area contributed by atoms with Crippen LogP contribution in [-0.4, -0.2) is 68.3 Å². The highest BCUT2D eigenvalue weighted by atomic mass is 31.1. The number of hydrogen-bond acceptors (Lipinski definition) is 11. The smallest absolute Gasteiger partial charge is 0.323 e. The van der Waals surface area contributed by atoms with Crippen molar-refractivity contribution < 1.29 is 33.6 Å². The standard InChI is InChI=1S/C20H29N6O7P/c1-11(18(29)31-9-19(2,3)4)25-34(30)32-7-13-15(27)16(28)20(8-21,33-13)14-6-5-12-17(22)23-10-24-26(12)14/h5-6,10-11,13,15-16,27-28,34H,7,9H2,1-4H3,(H,25,30)(H2,22,23,24)/t11-,13+,15+,16+,20-/m0/s1. The third-order valence-electron chi connectivity index (χ3n) is 5.20. The van der Waals surface area contributed by atoms with Crippen molar-refractivity contribution in [1.82, 2.24) is 19.7 Å². The van der Waals surface area contributed by atoms with Gasteiger partial charge in [0.05, 0.1) is 18.9 Å². The van der Waals surface area contributed by atoms with Crippen molar-refractivity contribution in [3.8, 4) is 6.07 Å². The van der Waals surface area contributed by atoms with Crippen LogP contribution in [0, 0.1) is 16.7 Å². The Morgan fingerprint density at radius 2 is 2.18 bits per heavy atom. The molecule has 34 heavy (non-hydrogen) atoms. The molecule has 3 heterocycles. The monoisotopic (exact) mass is 496 g/mol. The van der Waals surface area contributed by atoms with Crippen LogP contribution in [0.15, 0.2) is 18.5 Å². The summed E-state index contributed by atoms with van der Waals surface area (Å²) in [5.41, 5.74) is 4.14. The first-order valence-corrected chi connectivity index (χ1v) is 11.8. The van der Waals surface area contributed by atoms with E-state index in [4.69, 9.17) is 19.7 Å². The number of aromatic nitrogens is 3. The fourth-order valence-electron chi connectivity index (χ4n) is 3.40. The summed E-state index contributed by atoms with van der Waals surface area (Å²) >= 11 is 0.